The van der Waals surface area contributed by atoms with Gasteiger partial charge in [0.25, 0.3) is 0 Å². The second kappa shape index (κ2) is 5.79. The van der Waals surface area contributed by atoms with Crippen molar-refractivity contribution in [2.75, 3.05) is 13.2 Å². The number of carbonyl (C=O) groups is 1. The van der Waals surface area contributed by atoms with Crippen LogP contribution >= 0.6 is 11.6 Å². The molecule has 0 saturated heterocycles. The Bertz CT molecular complexity index is 363. The molecule has 0 heterocycles. The maximum atomic E-state index is 13.4. The summed E-state index contributed by atoms with van der Waals surface area (Å²) in [6, 6.07) is 3.84. The van der Waals surface area contributed by atoms with Crippen molar-refractivity contribution in [2.45, 2.75) is 6.10 Å². The average molecular weight is 249 g/mol. The molecule has 1 aromatic carbocycles. The molecular formula is C10H10ClFO4. The highest BCUT2D eigenvalue weighted by atomic mass is 35.5. The van der Waals surface area contributed by atoms with E-state index < -0.39 is 17.9 Å². The summed E-state index contributed by atoms with van der Waals surface area (Å²) in [5, 5.41) is 17.4. The van der Waals surface area contributed by atoms with Gasteiger partial charge in [-0.1, -0.05) is 17.7 Å². The molecule has 0 bridgehead atoms. The van der Waals surface area contributed by atoms with Crippen LogP contribution in [0.15, 0.2) is 18.2 Å². The maximum Gasteiger partial charge on any atom is 0.337 e. The van der Waals surface area contributed by atoms with Crippen molar-refractivity contribution in [2.24, 2.45) is 0 Å². The molecule has 1 rings (SSSR count). The zero-order chi connectivity index (χ0) is 12.1. The first-order valence-corrected chi connectivity index (χ1v) is 4.85. The monoisotopic (exact) mass is 248 g/mol. The van der Waals surface area contributed by atoms with Crippen LogP contribution in [0, 0.1) is 5.82 Å². The van der Waals surface area contributed by atoms with Gasteiger partial charge in [0.1, 0.15) is 5.82 Å². The van der Waals surface area contributed by atoms with Gasteiger partial charge in [-0.05, 0) is 12.1 Å². The summed E-state index contributed by atoms with van der Waals surface area (Å²) in [5.74, 6) is -2.11. The van der Waals surface area contributed by atoms with Crippen LogP contribution in [0.3, 0.4) is 0 Å². The lowest BCUT2D eigenvalue weighted by Crippen LogP contribution is -2.19. The van der Waals surface area contributed by atoms with Gasteiger partial charge in [0.2, 0.25) is 0 Å². The fraction of sp³-hybridized carbons (Fsp3) is 0.300. The molecule has 0 aliphatic heterocycles. The van der Waals surface area contributed by atoms with E-state index in [1.807, 2.05) is 0 Å². The molecule has 0 radical (unpaired) electrons. The molecule has 0 aliphatic carbocycles. The summed E-state index contributed by atoms with van der Waals surface area (Å²) in [6.07, 6.45) is -1.51. The molecule has 0 saturated carbocycles. The second-order valence-electron chi connectivity index (χ2n) is 2.95. The van der Waals surface area contributed by atoms with Crippen molar-refractivity contribution in [1.29, 1.82) is 0 Å². The van der Waals surface area contributed by atoms with Crippen molar-refractivity contribution in [3.8, 4) is 0 Å². The number of carboxylic acid groups (broad SMARTS) is 1. The molecule has 2 N–H and O–H groups in total. The van der Waals surface area contributed by atoms with Gasteiger partial charge in [-0.15, -0.1) is 0 Å². The van der Waals surface area contributed by atoms with E-state index >= 15 is 0 Å². The highest BCUT2D eigenvalue weighted by molar-refractivity contribution is 6.31. The summed E-state index contributed by atoms with van der Waals surface area (Å²) in [4.78, 5) is 10.9. The lowest BCUT2D eigenvalue weighted by atomic mass is 10.1. The number of halogens is 2. The zero-order valence-electron chi connectivity index (χ0n) is 8.19. The molecule has 0 aliphatic rings. The molecule has 6 heteroatoms. The first kappa shape index (κ1) is 12.9. The number of aliphatic carboxylic acids is 1. The summed E-state index contributed by atoms with van der Waals surface area (Å²) in [6.45, 7) is -0.558. The van der Waals surface area contributed by atoms with Gasteiger partial charge in [-0.3, -0.25) is 0 Å². The SMILES string of the molecule is O=C(O)C(OCCO)c1c(F)cccc1Cl. The summed E-state index contributed by atoms with van der Waals surface area (Å²) in [5.41, 5.74) is -0.231. The number of hydrogen-bond donors (Lipinski definition) is 2. The van der Waals surface area contributed by atoms with E-state index in [0.717, 1.165) is 6.07 Å². The predicted molar refractivity (Wildman–Crippen MR) is 54.8 cm³/mol. The molecule has 4 nitrogen and oxygen atoms in total. The second-order valence-corrected chi connectivity index (χ2v) is 3.36. The van der Waals surface area contributed by atoms with Gasteiger partial charge in [-0.25, -0.2) is 9.18 Å². The van der Waals surface area contributed by atoms with Gasteiger partial charge in [0.15, 0.2) is 6.10 Å². The molecule has 1 unspecified atom stereocenters. The van der Waals surface area contributed by atoms with Crippen molar-refractivity contribution < 1.29 is 24.1 Å². The van der Waals surface area contributed by atoms with Gasteiger partial charge < -0.3 is 14.9 Å². The van der Waals surface area contributed by atoms with Crippen LogP contribution in [-0.2, 0) is 9.53 Å². The highest BCUT2D eigenvalue weighted by Crippen LogP contribution is 2.28. The summed E-state index contributed by atoms with van der Waals surface area (Å²) < 4.78 is 18.2. The highest BCUT2D eigenvalue weighted by Gasteiger charge is 2.26. The Morgan fingerprint density at radius 2 is 2.25 bits per heavy atom. The Morgan fingerprint density at radius 3 is 2.75 bits per heavy atom. The minimum atomic E-state index is -1.51. The molecule has 1 atom stereocenters. The number of aliphatic hydroxyl groups is 1. The third-order valence-corrected chi connectivity index (χ3v) is 2.19. The predicted octanol–water partition coefficient (Wildman–Crippen LogP) is 1.61. The fourth-order valence-electron chi connectivity index (χ4n) is 1.21. The van der Waals surface area contributed by atoms with Gasteiger partial charge in [0.05, 0.1) is 13.2 Å². The maximum absolute atomic E-state index is 13.4. The van der Waals surface area contributed by atoms with Crippen molar-refractivity contribution in [3.63, 3.8) is 0 Å². The molecule has 0 spiro atoms. The minimum Gasteiger partial charge on any atom is -0.479 e. The first-order chi connectivity index (χ1) is 7.57. The van der Waals surface area contributed by atoms with Crippen LogP contribution < -0.4 is 0 Å². The number of rotatable bonds is 5. The van der Waals surface area contributed by atoms with E-state index in [9.17, 15) is 9.18 Å². The molecule has 88 valence electrons. The molecular weight excluding hydrogens is 239 g/mol. The standard InChI is InChI=1S/C10H10ClFO4/c11-6-2-1-3-7(12)8(6)9(10(14)15)16-5-4-13/h1-3,9,13H,4-5H2,(H,14,15). The van der Waals surface area contributed by atoms with E-state index in [0.29, 0.717) is 0 Å². The normalized spacial score (nSPS) is 12.4. The molecule has 1 aromatic rings. The van der Waals surface area contributed by atoms with E-state index in [-0.39, 0.29) is 23.8 Å². The van der Waals surface area contributed by atoms with Crippen molar-refractivity contribution in [3.05, 3.63) is 34.6 Å². The summed E-state index contributed by atoms with van der Waals surface area (Å²) in [7, 11) is 0. The van der Waals surface area contributed by atoms with E-state index in [2.05, 4.69) is 0 Å². The average Bonchev–Trinajstić information content (AvgIpc) is 2.21. The Kier molecular flexibility index (Phi) is 4.67. The largest absolute Gasteiger partial charge is 0.479 e. The van der Waals surface area contributed by atoms with E-state index in [1.54, 1.807) is 0 Å². The zero-order valence-corrected chi connectivity index (χ0v) is 8.95. The lowest BCUT2D eigenvalue weighted by molar-refractivity contribution is -0.151. The van der Waals surface area contributed by atoms with Crippen LogP contribution in [0.1, 0.15) is 11.7 Å². The third-order valence-electron chi connectivity index (χ3n) is 1.86. The van der Waals surface area contributed by atoms with Crippen molar-refractivity contribution >= 4 is 17.6 Å². The van der Waals surface area contributed by atoms with Gasteiger partial charge in [-0.2, -0.15) is 0 Å². The van der Waals surface area contributed by atoms with Crippen LogP contribution in [0.4, 0.5) is 4.39 Å². The van der Waals surface area contributed by atoms with Crippen molar-refractivity contribution in [1.82, 2.24) is 0 Å². The van der Waals surface area contributed by atoms with E-state index in [1.165, 1.54) is 12.1 Å². The quantitative estimate of drug-likeness (QED) is 0.831. The topological polar surface area (TPSA) is 66.8 Å². The molecule has 0 amide bonds. The van der Waals surface area contributed by atoms with Crippen LogP contribution in [0.2, 0.25) is 5.02 Å². The smallest absolute Gasteiger partial charge is 0.337 e. The minimum absolute atomic E-state index is 0.0228. The van der Waals surface area contributed by atoms with Crippen LogP contribution in [0.25, 0.3) is 0 Å². The number of aliphatic hydroxyl groups excluding tert-OH is 1. The third kappa shape index (κ3) is 2.91. The van der Waals surface area contributed by atoms with Gasteiger partial charge in [0, 0.05) is 10.6 Å². The number of hydrogen-bond acceptors (Lipinski definition) is 3. The molecule has 0 aromatic heterocycles. The van der Waals surface area contributed by atoms with E-state index in [4.69, 9.17) is 26.6 Å². The Labute approximate surface area is 96.2 Å². The fourth-order valence-corrected chi connectivity index (χ4v) is 1.47. The molecule has 16 heavy (non-hydrogen) atoms. The Hall–Kier alpha value is -1.17. The van der Waals surface area contributed by atoms with Crippen LogP contribution in [0.5, 0.6) is 0 Å². The number of benzene rings is 1. The number of ether oxygens (including phenoxy) is 1. The molecule has 0 fully saturated rings. The van der Waals surface area contributed by atoms with Crippen LogP contribution in [-0.4, -0.2) is 29.4 Å². The first-order valence-electron chi connectivity index (χ1n) is 4.47. The number of carboxylic acids is 1. The Morgan fingerprint density at radius 1 is 1.56 bits per heavy atom. The Balaban J connectivity index is 3.05. The van der Waals surface area contributed by atoms with Gasteiger partial charge >= 0.3 is 5.97 Å². The summed E-state index contributed by atoms with van der Waals surface area (Å²) >= 11 is 5.70. The lowest BCUT2D eigenvalue weighted by Gasteiger charge is -2.15.